The average Bonchev–Trinajstić information content (AvgIpc) is 2.54. The minimum atomic E-state index is -0.0681. The molecule has 0 saturated heterocycles. The summed E-state index contributed by atoms with van der Waals surface area (Å²) < 4.78 is 1.63. The molecule has 1 aromatic heterocycles. The third-order valence-electron chi connectivity index (χ3n) is 1.64. The zero-order valence-corrected chi connectivity index (χ0v) is 9.25. The lowest BCUT2D eigenvalue weighted by Crippen LogP contribution is -2.25. The van der Waals surface area contributed by atoms with Gasteiger partial charge in [0.1, 0.15) is 0 Å². The molecule has 15 heavy (non-hydrogen) atoms. The molecule has 0 aliphatic heterocycles. The average molecular weight is 227 g/mol. The molecular formula is C8H13N5OS. The van der Waals surface area contributed by atoms with Gasteiger partial charge in [-0.1, -0.05) is 17.8 Å². The minimum absolute atomic E-state index is 0.0681. The number of carbonyl (C=O) groups excluding carboxylic acids is 1. The van der Waals surface area contributed by atoms with Gasteiger partial charge in [-0.2, -0.15) is 0 Å². The fraction of sp³-hybridized carbons (Fsp3) is 0.375. The van der Waals surface area contributed by atoms with Gasteiger partial charge in [0.05, 0.1) is 5.75 Å². The zero-order valence-electron chi connectivity index (χ0n) is 8.43. The first-order chi connectivity index (χ1) is 7.15. The van der Waals surface area contributed by atoms with E-state index in [-0.39, 0.29) is 5.91 Å². The molecular weight excluding hydrogens is 214 g/mol. The molecule has 0 unspecified atom stereocenters. The first-order valence-corrected chi connectivity index (χ1v) is 5.29. The van der Waals surface area contributed by atoms with Crippen molar-refractivity contribution in [3.63, 3.8) is 0 Å². The number of nitrogen functional groups attached to an aromatic ring is 1. The molecule has 82 valence electrons. The first-order valence-electron chi connectivity index (χ1n) is 4.30. The summed E-state index contributed by atoms with van der Waals surface area (Å²) in [5.74, 6) is 0.560. The first kappa shape index (κ1) is 11.6. The van der Waals surface area contributed by atoms with E-state index >= 15 is 0 Å². The molecule has 7 heteroatoms. The summed E-state index contributed by atoms with van der Waals surface area (Å²) in [5.41, 5.74) is 5.49. The summed E-state index contributed by atoms with van der Waals surface area (Å²) >= 11 is 1.29. The van der Waals surface area contributed by atoms with Crippen molar-refractivity contribution >= 4 is 23.6 Å². The second-order valence-corrected chi connectivity index (χ2v) is 3.72. The molecule has 0 saturated carbocycles. The van der Waals surface area contributed by atoms with Crippen molar-refractivity contribution in [2.24, 2.45) is 7.05 Å². The van der Waals surface area contributed by atoms with Crippen molar-refractivity contribution < 1.29 is 4.79 Å². The number of nitrogens with two attached hydrogens (primary N) is 1. The molecule has 1 amide bonds. The Morgan fingerprint density at radius 3 is 3.00 bits per heavy atom. The second-order valence-electron chi connectivity index (χ2n) is 2.78. The minimum Gasteiger partial charge on any atom is -0.368 e. The van der Waals surface area contributed by atoms with Crippen LogP contribution in [0.25, 0.3) is 0 Å². The molecule has 0 aromatic carbocycles. The lowest BCUT2D eigenvalue weighted by Gasteiger charge is -2.01. The van der Waals surface area contributed by atoms with Crippen molar-refractivity contribution in [2.45, 2.75) is 5.16 Å². The molecule has 1 aromatic rings. The number of hydrogen-bond donors (Lipinski definition) is 2. The topological polar surface area (TPSA) is 85.8 Å². The number of anilines is 1. The van der Waals surface area contributed by atoms with Crippen LogP contribution in [0.4, 0.5) is 5.95 Å². The SMILES string of the molecule is C=CCNC(=O)CSc1nnc(N)n1C. The van der Waals surface area contributed by atoms with Crippen molar-refractivity contribution in [2.75, 3.05) is 18.0 Å². The van der Waals surface area contributed by atoms with Crippen LogP contribution in [0.3, 0.4) is 0 Å². The molecule has 0 spiro atoms. The van der Waals surface area contributed by atoms with Crippen molar-refractivity contribution in [1.82, 2.24) is 20.1 Å². The van der Waals surface area contributed by atoms with Crippen LogP contribution in [-0.4, -0.2) is 33.0 Å². The predicted octanol–water partition coefficient (Wildman–Crippen LogP) is -0.208. The maximum atomic E-state index is 11.2. The van der Waals surface area contributed by atoms with Crippen LogP contribution in [0.1, 0.15) is 0 Å². The van der Waals surface area contributed by atoms with Gasteiger partial charge >= 0.3 is 0 Å². The quantitative estimate of drug-likeness (QED) is 0.537. The van der Waals surface area contributed by atoms with Gasteiger partial charge in [-0.15, -0.1) is 16.8 Å². The molecule has 0 aliphatic carbocycles. The van der Waals surface area contributed by atoms with E-state index in [1.54, 1.807) is 17.7 Å². The number of aromatic nitrogens is 3. The molecule has 0 aliphatic rings. The summed E-state index contributed by atoms with van der Waals surface area (Å²) in [7, 11) is 1.75. The Balaban J connectivity index is 2.40. The molecule has 0 fully saturated rings. The van der Waals surface area contributed by atoms with Gasteiger partial charge in [0.25, 0.3) is 0 Å². The monoisotopic (exact) mass is 227 g/mol. The zero-order chi connectivity index (χ0) is 11.3. The highest BCUT2D eigenvalue weighted by Gasteiger charge is 2.08. The number of nitrogens with zero attached hydrogens (tertiary/aromatic N) is 3. The van der Waals surface area contributed by atoms with Crippen LogP contribution in [0, 0.1) is 0 Å². The van der Waals surface area contributed by atoms with Crippen LogP contribution in [0.2, 0.25) is 0 Å². The smallest absolute Gasteiger partial charge is 0.230 e. The van der Waals surface area contributed by atoms with E-state index in [2.05, 4.69) is 22.1 Å². The van der Waals surface area contributed by atoms with E-state index in [0.717, 1.165) is 0 Å². The van der Waals surface area contributed by atoms with E-state index < -0.39 is 0 Å². The highest BCUT2D eigenvalue weighted by Crippen LogP contribution is 2.15. The molecule has 1 heterocycles. The van der Waals surface area contributed by atoms with E-state index in [4.69, 9.17) is 5.73 Å². The molecule has 1 rings (SSSR count). The predicted molar refractivity (Wildman–Crippen MR) is 59.3 cm³/mol. The van der Waals surface area contributed by atoms with Gasteiger partial charge in [0.2, 0.25) is 11.9 Å². The third kappa shape index (κ3) is 3.28. The number of hydrogen-bond acceptors (Lipinski definition) is 5. The highest BCUT2D eigenvalue weighted by molar-refractivity contribution is 7.99. The standard InChI is InChI=1S/C8H13N5OS/c1-3-4-10-6(14)5-15-8-12-11-7(9)13(8)2/h3H,1,4-5H2,2H3,(H2,9,11)(H,10,14). The Kier molecular flexibility index (Phi) is 4.17. The number of nitrogens with one attached hydrogen (secondary N) is 1. The number of carbonyl (C=O) groups is 1. The molecule has 3 N–H and O–H groups in total. The lowest BCUT2D eigenvalue weighted by molar-refractivity contribution is -0.118. The Bertz CT molecular complexity index is 362. The van der Waals surface area contributed by atoms with Crippen molar-refractivity contribution in [3.8, 4) is 0 Å². The Hall–Kier alpha value is -1.50. The van der Waals surface area contributed by atoms with Crippen molar-refractivity contribution in [3.05, 3.63) is 12.7 Å². The van der Waals surface area contributed by atoms with E-state index in [1.165, 1.54) is 11.8 Å². The van der Waals surface area contributed by atoms with Crippen molar-refractivity contribution in [1.29, 1.82) is 0 Å². The van der Waals surface area contributed by atoms with Gasteiger partial charge in [0.15, 0.2) is 5.16 Å². The number of rotatable bonds is 5. The molecule has 0 bridgehead atoms. The summed E-state index contributed by atoms with van der Waals surface area (Å²) in [4.78, 5) is 11.2. The van der Waals surface area contributed by atoms with Crippen LogP contribution >= 0.6 is 11.8 Å². The third-order valence-corrected chi connectivity index (χ3v) is 2.66. The largest absolute Gasteiger partial charge is 0.368 e. The fourth-order valence-electron chi connectivity index (χ4n) is 0.819. The maximum absolute atomic E-state index is 11.2. The molecule has 6 nitrogen and oxygen atoms in total. The van der Waals surface area contributed by atoms with Crippen LogP contribution in [-0.2, 0) is 11.8 Å². The van der Waals surface area contributed by atoms with Gasteiger partial charge in [-0.05, 0) is 0 Å². The van der Waals surface area contributed by atoms with Crippen LogP contribution < -0.4 is 11.1 Å². The van der Waals surface area contributed by atoms with E-state index in [1.807, 2.05) is 0 Å². The fourth-order valence-corrected chi connectivity index (χ4v) is 1.57. The van der Waals surface area contributed by atoms with E-state index in [0.29, 0.717) is 23.4 Å². The van der Waals surface area contributed by atoms with Gasteiger partial charge in [-0.25, -0.2) is 0 Å². The Labute approximate surface area is 91.9 Å². The maximum Gasteiger partial charge on any atom is 0.230 e. The van der Waals surface area contributed by atoms with Gasteiger partial charge in [0, 0.05) is 13.6 Å². The van der Waals surface area contributed by atoms with Gasteiger partial charge < -0.3 is 11.1 Å². The van der Waals surface area contributed by atoms with Gasteiger partial charge in [-0.3, -0.25) is 9.36 Å². The summed E-state index contributed by atoms with van der Waals surface area (Å²) in [6.07, 6.45) is 1.63. The van der Waals surface area contributed by atoms with Crippen LogP contribution in [0.15, 0.2) is 17.8 Å². The van der Waals surface area contributed by atoms with Crippen LogP contribution in [0.5, 0.6) is 0 Å². The summed E-state index contributed by atoms with van der Waals surface area (Å²) in [6.45, 7) is 3.98. The highest BCUT2D eigenvalue weighted by atomic mass is 32.2. The number of amides is 1. The molecule has 0 atom stereocenters. The normalized spacial score (nSPS) is 9.93. The Morgan fingerprint density at radius 2 is 2.47 bits per heavy atom. The lowest BCUT2D eigenvalue weighted by atomic mass is 10.6. The second kappa shape index (κ2) is 5.40. The molecule has 0 radical (unpaired) electrons. The summed E-state index contributed by atoms with van der Waals surface area (Å²) in [6, 6.07) is 0. The number of thioether (sulfide) groups is 1. The summed E-state index contributed by atoms with van der Waals surface area (Å²) in [5, 5.41) is 10.8. The Morgan fingerprint density at radius 1 is 1.73 bits per heavy atom. The van der Waals surface area contributed by atoms with E-state index in [9.17, 15) is 4.79 Å².